The van der Waals surface area contributed by atoms with E-state index in [0.29, 0.717) is 11.1 Å². The van der Waals surface area contributed by atoms with Gasteiger partial charge in [-0.05, 0) is 23.1 Å². The first-order valence-electron chi connectivity index (χ1n) is 6.92. The summed E-state index contributed by atoms with van der Waals surface area (Å²) in [5, 5.41) is 21.0. The van der Waals surface area contributed by atoms with Crippen molar-refractivity contribution in [2.24, 2.45) is 0 Å². The summed E-state index contributed by atoms with van der Waals surface area (Å²) in [6, 6.07) is 9.24. The lowest BCUT2D eigenvalue weighted by molar-refractivity contribution is -0.392. The van der Waals surface area contributed by atoms with E-state index < -0.39 is 22.8 Å². The van der Waals surface area contributed by atoms with Gasteiger partial charge in [-0.15, -0.1) is 0 Å². The van der Waals surface area contributed by atoms with Gasteiger partial charge in [0.05, 0.1) is 23.9 Å². The van der Waals surface area contributed by atoms with Crippen molar-refractivity contribution in [2.45, 2.75) is 12.6 Å². The SMILES string of the molecule is O=C1c2ccccc2C(=O)N1CC(O)Cn1cccc1[N+](=O)[O-]. The number of nitro groups is 1. The first-order valence-corrected chi connectivity index (χ1v) is 6.92. The summed E-state index contributed by atoms with van der Waals surface area (Å²) in [4.78, 5) is 35.6. The maximum atomic E-state index is 12.2. The van der Waals surface area contributed by atoms with Crippen molar-refractivity contribution in [3.63, 3.8) is 0 Å². The molecular formula is C15H13N3O5. The van der Waals surface area contributed by atoms with Gasteiger partial charge < -0.3 is 15.2 Å². The van der Waals surface area contributed by atoms with Crippen molar-refractivity contribution in [1.82, 2.24) is 9.47 Å². The highest BCUT2D eigenvalue weighted by atomic mass is 16.6. The molecule has 23 heavy (non-hydrogen) atoms. The fraction of sp³-hybridized carbons (Fsp3) is 0.200. The Morgan fingerprint density at radius 3 is 2.22 bits per heavy atom. The Labute approximate surface area is 130 Å². The van der Waals surface area contributed by atoms with Gasteiger partial charge in [0, 0.05) is 6.07 Å². The van der Waals surface area contributed by atoms with Gasteiger partial charge in [-0.3, -0.25) is 14.5 Å². The lowest BCUT2D eigenvalue weighted by Crippen LogP contribution is -2.38. The van der Waals surface area contributed by atoms with Gasteiger partial charge in [0.15, 0.2) is 0 Å². The van der Waals surface area contributed by atoms with Crippen molar-refractivity contribution in [3.05, 3.63) is 63.8 Å². The lowest BCUT2D eigenvalue weighted by atomic mass is 10.1. The number of hydrogen-bond donors (Lipinski definition) is 1. The maximum Gasteiger partial charge on any atom is 0.323 e. The van der Waals surface area contributed by atoms with E-state index in [-0.39, 0.29) is 18.9 Å². The minimum Gasteiger partial charge on any atom is -0.387 e. The molecule has 1 N–H and O–H groups in total. The Balaban J connectivity index is 1.73. The van der Waals surface area contributed by atoms with Crippen LogP contribution in [0.15, 0.2) is 42.6 Å². The predicted octanol–water partition coefficient (Wildman–Crippen LogP) is 1.05. The molecule has 1 unspecified atom stereocenters. The van der Waals surface area contributed by atoms with Crippen molar-refractivity contribution in [2.75, 3.05) is 6.54 Å². The topological polar surface area (TPSA) is 106 Å². The number of hydrogen-bond acceptors (Lipinski definition) is 5. The molecular weight excluding hydrogens is 302 g/mol. The standard InChI is InChI=1S/C15H13N3O5/c19-10(8-16-7-3-6-13(16)18(22)23)9-17-14(20)11-4-1-2-5-12(11)15(17)21/h1-7,10,19H,8-9H2. The smallest absolute Gasteiger partial charge is 0.323 e. The fourth-order valence-corrected chi connectivity index (χ4v) is 2.63. The van der Waals surface area contributed by atoms with Crippen LogP contribution >= 0.6 is 0 Å². The molecule has 0 fully saturated rings. The molecule has 8 heteroatoms. The quantitative estimate of drug-likeness (QED) is 0.504. The van der Waals surface area contributed by atoms with Crippen LogP contribution in [0.1, 0.15) is 20.7 Å². The molecule has 0 saturated carbocycles. The first kappa shape index (κ1) is 14.9. The molecule has 0 spiro atoms. The monoisotopic (exact) mass is 315 g/mol. The number of fused-ring (bicyclic) bond motifs is 1. The van der Waals surface area contributed by atoms with Gasteiger partial charge in [0.25, 0.3) is 11.8 Å². The molecule has 2 aromatic rings. The number of aromatic nitrogens is 1. The van der Waals surface area contributed by atoms with E-state index in [1.807, 2.05) is 0 Å². The highest BCUT2D eigenvalue weighted by molar-refractivity contribution is 6.21. The Bertz CT molecular complexity index is 763. The first-order chi connectivity index (χ1) is 11.0. The minimum atomic E-state index is -1.11. The van der Waals surface area contributed by atoms with Gasteiger partial charge in [0.1, 0.15) is 12.6 Å². The summed E-state index contributed by atoms with van der Waals surface area (Å²) < 4.78 is 1.27. The summed E-state index contributed by atoms with van der Waals surface area (Å²) in [6.45, 7) is -0.307. The van der Waals surface area contributed by atoms with E-state index >= 15 is 0 Å². The second-order valence-electron chi connectivity index (χ2n) is 5.20. The Kier molecular flexibility index (Phi) is 3.67. The average molecular weight is 315 g/mol. The number of benzene rings is 1. The zero-order valence-corrected chi connectivity index (χ0v) is 12.0. The third-order valence-corrected chi connectivity index (χ3v) is 3.67. The van der Waals surface area contributed by atoms with Crippen molar-refractivity contribution in [1.29, 1.82) is 0 Å². The number of amides is 2. The van der Waals surface area contributed by atoms with E-state index in [0.717, 1.165) is 4.90 Å². The van der Waals surface area contributed by atoms with Crippen LogP contribution in [-0.2, 0) is 6.54 Å². The molecule has 0 saturated heterocycles. The molecule has 2 heterocycles. The molecule has 1 aliphatic heterocycles. The maximum absolute atomic E-state index is 12.2. The largest absolute Gasteiger partial charge is 0.387 e. The van der Waals surface area contributed by atoms with Crippen LogP contribution < -0.4 is 0 Å². The average Bonchev–Trinajstić information content (AvgIpc) is 3.07. The molecule has 2 amide bonds. The molecule has 0 aliphatic carbocycles. The van der Waals surface area contributed by atoms with Crippen LogP contribution in [-0.4, -0.2) is 44.0 Å². The Morgan fingerprint density at radius 2 is 1.65 bits per heavy atom. The molecule has 118 valence electrons. The van der Waals surface area contributed by atoms with Crippen LogP contribution in [0, 0.1) is 10.1 Å². The minimum absolute atomic E-state index is 0.0866. The van der Waals surface area contributed by atoms with E-state index in [1.54, 1.807) is 24.3 Å². The highest BCUT2D eigenvalue weighted by Gasteiger charge is 2.36. The molecule has 1 atom stereocenters. The van der Waals surface area contributed by atoms with Crippen LogP contribution in [0.5, 0.6) is 0 Å². The highest BCUT2D eigenvalue weighted by Crippen LogP contribution is 2.23. The number of imide groups is 1. The van der Waals surface area contributed by atoms with Gasteiger partial charge in [-0.25, -0.2) is 4.57 Å². The van der Waals surface area contributed by atoms with E-state index in [4.69, 9.17) is 0 Å². The second kappa shape index (κ2) is 5.65. The summed E-state index contributed by atoms with van der Waals surface area (Å²) in [5.74, 6) is -1.09. The lowest BCUT2D eigenvalue weighted by Gasteiger charge is -2.17. The molecule has 1 aromatic carbocycles. The van der Waals surface area contributed by atoms with Gasteiger partial charge in [0.2, 0.25) is 0 Å². The van der Waals surface area contributed by atoms with Crippen molar-refractivity contribution in [3.8, 4) is 0 Å². The number of carbonyl (C=O) groups is 2. The number of aliphatic hydroxyl groups is 1. The molecule has 1 aromatic heterocycles. The van der Waals surface area contributed by atoms with Gasteiger partial charge in [-0.1, -0.05) is 12.1 Å². The molecule has 0 radical (unpaired) electrons. The molecule has 3 rings (SSSR count). The summed E-state index contributed by atoms with van der Waals surface area (Å²) >= 11 is 0. The van der Waals surface area contributed by atoms with E-state index in [2.05, 4.69) is 0 Å². The molecule has 0 bridgehead atoms. The number of aliphatic hydroxyl groups excluding tert-OH is 1. The number of rotatable bonds is 5. The second-order valence-corrected chi connectivity index (χ2v) is 5.20. The van der Waals surface area contributed by atoms with E-state index in [9.17, 15) is 24.8 Å². The summed E-state index contributed by atoms with van der Waals surface area (Å²) in [7, 11) is 0. The fourth-order valence-electron chi connectivity index (χ4n) is 2.63. The summed E-state index contributed by atoms with van der Waals surface area (Å²) in [5.41, 5.74) is 0.605. The number of nitrogens with zero attached hydrogens (tertiary/aromatic N) is 3. The third kappa shape index (κ3) is 2.59. The predicted molar refractivity (Wildman–Crippen MR) is 78.9 cm³/mol. The van der Waals surface area contributed by atoms with Crippen molar-refractivity contribution < 1.29 is 19.6 Å². The molecule has 1 aliphatic rings. The summed E-state index contributed by atoms with van der Waals surface area (Å²) in [6.07, 6.45) is 0.354. The van der Waals surface area contributed by atoms with Gasteiger partial charge in [-0.2, -0.15) is 0 Å². The van der Waals surface area contributed by atoms with Gasteiger partial charge >= 0.3 is 5.82 Å². The molecule has 8 nitrogen and oxygen atoms in total. The third-order valence-electron chi connectivity index (χ3n) is 3.67. The Hall–Kier alpha value is -3.00. The van der Waals surface area contributed by atoms with Crippen LogP contribution in [0.4, 0.5) is 5.82 Å². The zero-order chi connectivity index (χ0) is 16.6. The van der Waals surface area contributed by atoms with Crippen LogP contribution in [0.2, 0.25) is 0 Å². The van der Waals surface area contributed by atoms with Crippen LogP contribution in [0.3, 0.4) is 0 Å². The number of β-amino-alcohol motifs (C(OH)–C–C–N with tert-alkyl or cyclic N) is 1. The van der Waals surface area contributed by atoms with E-state index in [1.165, 1.54) is 22.9 Å². The normalized spacial score (nSPS) is 14.9. The number of carbonyl (C=O) groups excluding carboxylic acids is 2. The van der Waals surface area contributed by atoms with Crippen LogP contribution in [0.25, 0.3) is 0 Å². The Morgan fingerprint density at radius 1 is 1.04 bits per heavy atom. The van der Waals surface area contributed by atoms with Crippen molar-refractivity contribution >= 4 is 17.6 Å². The zero-order valence-electron chi connectivity index (χ0n) is 12.0.